The molecule has 0 bridgehead atoms. The molecule has 4 nitrogen and oxygen atoms in total. The van der Waals surface area contributed by atoms with Crippen molar-refractivity contribution in [2.24, 2.45) is 0 Å². The molecule has 0 radical (unpaired) electrons. The smallest absolute Gasteiger partial charge is 0.303 e. The molecule has 1 rings (SSSR count). The van der Waals surface area contributed by atoms with Gasteiger partial charge in [0.05, 0.1) is 7.11 Å². The average Bonchev–Trinajstić information content (AvgIpc) is 2.17. The molecule has 5 heteroatoms. The van der Waals surface area contributed by atoms with E-state index in [1.165, 1.54) is 13.2 Å². The van der Waals surface area contributed by atoms with Gasteiger partial charge in [-0.25, -0.2) is 0 Å². The second-order valence-corrected chi connectivity index (χ2v) is 3.38. The van der Waals surface area contributed by atoms with E-state index in [1.807, 2.05) is 0 Å². The molecule has 82 valence electrons. The van der Waals surface area contributed by atoms with Crippen molar-refractivity contribution in [3.8, 4) is 11.5 Å². The second-order valence-electron chi connectivity index (χ2n) is 2.97. The number of hydrogen-bond acceptors (Lipinski definition) is 3. The molecule has 0 aliphatic rings. The van der Waals surface area contributed by atoms with E-state index in [-0.39, 0.29) is 18.6 Å². The Balaban J connectivity index is 2.98. The molecule has 0 aliphatic heterocycles. The molecule has 0 unspecified atom stereocenters. The van der Waals surface area contributed by atoms with Crippen LogP contribution in [0.2, 0.25) is 5.02 Å². The van der Waals surface area contributed by atoms with Crippen LogP contribution in [0.15, 0.2) is 12.1 Å². The summed E-state index contributed by atoms with van der Waals surface area (Å²) in [5.41, 5.74) is 0.401. The van der Waals surface area contributed by atoms with E-state index in [9.17, 15) is 9.90 Å². The standard InChI is InChI=1S/C10H11ClO4/c1-15-8-4-3-7(11)6(10(8)14)2-5-9(12)13/h3-4,14H,2,5H2,1H3,(H,12,13). The number of carbonyl (C=O) groups is 1. The Morgan fingerprint density at radius 2 is 2.20 bits per heavy atom. The Hall–Kier alpha value is -1.42. The number of phenols is 1. The van der Waals surface area contributed by atoms with Crippen LogP contribution in [0.25, 0.3) is 0 Å². The van der Waals surface area contributed by atoms with Gasteiger partial charge in [-0.05, 0) is 18.6 Å². The highest BCUT2D eigenvalue weighted by Gasteiger charge is 2.13. The van der Waals surface area contributed by atoms with Crippen molar-refractivity contribution in [3.05, 3.63) is 22.7 Å². The van der Waals surface area contributed by atoms with E-state index in [0.29, 0.717) is 16.3 Å². The number of carboxylic acid groups (broad SMARTS) is 1. The molecule has 0 amide bonds. The Morgan fingerprint density at radius 3 is 2.73 bits per heavy atom. The first-order valence-corrected chi connectivity index (χ1v) is 4.70. The van der Waals surface area contributed by atoms with Crippen molar-refractivity contribution in [2.75, 3.05) is 7.11 Å². The third-order valence-electron chi connectivity index (χ3n) is 2.00. The highest BCUT2D eigenvalue weighted by atomic mass is 35.5. The van der Waals surface area contributed by atoms with E-state index in [2.05, 4.69) is 0 Å². The normalized spacial score (nSPS) is 10.0. The van der Waals surface area contributed by atoms with E-state index >= 15 is 0 Å². The summed E-state index contributed by atoms with van der Waals surface area (Å²) in [7, 11) is 1.42. The average molecular weight is 231 g/mol. The molecule has 1 aromatic rings. The first-order valence-electron chi connectivity index (χ1n) is 4.32. The molecule has 0 aliphatic carbocycles. The zero-order chi connectivity index (χ0) is 11.4. The van der Waals surface area contributed by atoms with Crippen molar-refractivity contribution >= 4 is 17.6 Å². The van der Waals surface area contributed by atoms with E-state index in [0.717, 1.165) is 0 Å². The summed E-state index contributed by atoms with van der Waals surface area (Å²) in [6.45, 7) is 0. The summed E-state index contributed by atoms with van der Waals surface area (Å²) in [5, 5.41) is 18.5. The Labute approximate surface area is 92.1 Å². The first kappa shape index (κ1) is 11.7. The summed E-state index contributed by atoms with van der Waals surface area (Å²) in [6, 6.07) is 3.10. The minimum Gasteiger partial charge on any atom is -0.504 e. The van der Waals surface area contributed by atoms with Gasteiger partial charge in [0.1, 0.15) is 0 Å². The van der Waals surface area contributed by atoms with Crippen LogP contribution in [0, 0.1) is 0 Å². The lowest BCUT2D eigenvalue weighted by Gasteiger charge is -2.09. The van der Waals surface area contributed by atoms with Crippen LogP contribution in [0.1, 0.15) is 12.0 Å². The predicted molar refractivity (Wildman–Crippen MR) is 55.6 cm³/mol. The van der Waals surface area contributed by atoms with Gasteiger partial charge < -0.3 is 14.9 Å². The van der Waals surface area contributed by atoms with Crippen LogP contribution in [-0.2, 0) is 11.2 Å². The summed E-state index contributed by atoms with van der Waals surface area (Å²) < 4.78 is 4.89. The summed E-state index contributed by atoms with van der Waals surface area (Å²) >= 11 is 5.83. The molecule has 0 saturated carbocycles. The van der Waals surface area contributed by atoms with Crippen molar-refractivity contribution in [1.29, 1.82) is 0 Å². The molecule has 1 aromatic carbocycles. The number of methoxy groups -OCH3 is 1. The van der Waals surface area contributed by atoms with Gasteiger partial charge in [0.2, 0.25) is 0 Å². The number of phenolic OH excluding ortho intramolecular Hbond substituents is 1. The number of ether oxygens (including phenoxy) is 1. The zero-order valence-corrected chi connectivity index (χ0v) is 8.91. The summed E-state index contributed by atoms with van der Waals surface area (Å²) in [5.74, 6) is -0.737. The highest BCUT2D eigenvalue weighted by molar-refractivity contribution is 6.31. The van der Waals surface area contributed by atoms with E-state index < -0.39 is 5.97 Å². The number of aliphatic carboxylic acids is 1. The quantitative estimate of drug-likeness (QED) is 0.831. The lowest BCUT2D eigenvalue weighted by Crippen LogP contribution is -1.99. The van der Waals surface area contributed by atoms with Crippen LogP contribution in [0.4, 0.5) is 0 Å². The molecule has 0 aromatic heterocycles. The van der Waals surface area contributed by atoms with Gasteiger partial charge >= 0.3 is 5.97 Å². The lowest BCUT2D eigenvalue weighted by atomic mass is 10.1. The van der Waals surface area contributed by atoms with Crippen molar-refractivity contribution in [3.63, 3.8) is 0 Å². The van der Waals surface area contributed by atoms with Crippen LogP contribution in [-0.4, -0.2) is 23.3 Å². The molecule has 0 saturated heterocycles. The van der Waals surface area contributed by atoms with Gasteiger partial charge in [-0.1, -0.05) is 11.6 Å². The van der Waals surface area contributed by atoms with Gasteiger partial charge in [-0.2, -0.15) is 0 Å². The zero-order valence-electron chi connectivity index (χ0n) is 8.16. The monoisotopic (exact) mass is 230 g/mol. The topological polar surface area (TPSA) is 66.8 Å². The molecule has 0 spiro atoms. The van der Waals surface area contributed by atoms with Crippen LogP contribution in [0.5, 0.6) is 11.5 Å². The van der Waals surface area contributed by atoms with Crippen molar-refractivity contribution in [1.82, 2.24) is 0 Å². The van der Waals surface area contributed by atoms with E-state index in [1.54, 1.807) is 6.07 Å². The van der Waals surface area contributed by atoms with Crippen LogP contribution < -0.4 is 4.74 Å². The maximum atomic E-state index is 10.4. The molecule has 2 N–H and O–H groups in total. The number of hydrogen-bond donors (Lipinski definition) is 2. The number of halogens is 1. The summed E-state index contributed by atoms with van der Waals surface area (Å²) in [4.78, 5) is 10.4. The number of rotatable bonds is 4. The Kier molecular flexibility index (Phi) is 3.80. The van der Waals surface area contributed by atoms with Gasteiger partial charge in [0.25, 0.3) is 0 Å². The maximum Gasteiger partial charge on any atom is 0.303 e. The van der Waals surface area contributed by atoms with Crippen LogP contribution in [0.3, 0.4) is 0 Å². The highest BCUT2D eigenvalue weighted by Crippen LogP contribution is 2.35. The SMILES string of the molecule is COc1ccc(Cl)c(CCC(=O)O)c1O. The largest absolute Gasteiger partial charge is 0.504 e. The maximum absolute atomic E-state index is 10.4. The van der Waals surface area contributed by atoms with Crippen LogP contribution >= 0.6 is 11.6 Å². The van der Waals surface area contributed by atoms with Gasteiger partial charge in [0.15, 0.2) is 11.5 Å². The fourth-order valence-electron chi connectivity index (χ4n) is 1.22. The fraction of sp³-hybridized carbons (Fsp3) is 0.300. The van der Waals surface area contributed by atoms with Crippen molar-refractivity contribution < 1.29 is 19.7 Å². The molecule has 0 heterocycles. The second kappa shape index (κ2) is 4.89. The van der Waals surface area contributed by atoms with Crippen molar-refractivity contribution in [2.45, 2.75) is 12.8 Å². The molecular weight excluding hydrogens is 220 g/mol. The third kappa shape index (κ3) is 2.76. The lowest BCUT2D eigenvalue weighted by molar-refractivity contribution is -0.136. The number of benzene rings is 1. The minimum atomic E-state index is -0.937. The Morgan fingerprint density at radius 1 is 1.53 bits per heavy atom. The van der Waals surface area contributed by atoms with Gasteiger partial charge in [-0.15, -0.1) is 0 Å². The summed E-state index contributed by atoms with van der Waals surface area (Å²) in [6.07, 6.45) is 0.0949. The molecular formula is C10H11ClO4. The third-order valence-corrected chi connectivity index (χ3v) is 2.35. The molecule has 0 atom stereocenters. The number of carboxylic acids is 1. The minimum absolute atomic E-state index is 0.0829. The molecule has 0 fully saturated rings. The van der Waals surface area contributed by atoms with Gasteiger partial charge in [0, 0.05) is 17.0 Å². The van der Waals surface area contributed by atoms with Gasteiger partial charge in [-0.3, -0.25) is 4.79 Å². The predicted octanol–water partition coefficient (Wildman–Crippen LogP) is 2.07. The fourth-order valence-corrected chi connectivity index (χ4v) is 1.47. The number of aromatic hydroxyl groups is 1. The molecule has 15 heavy (non-hydrogen) atoms. The Bertz CT molecular complexity index is 376. The first-order chi connectivity index (χ1) is 7.06. The van der Waals surface area contributed by atoms with E-state index in [4.69, 9.17) is 21.4 Å².